The fourth-order valence-electron chi connectivity index (χ4n) is 2.69. The maximum Gasteiger partial charge on any atom is 0.145 e. The van der Waals surface area contributed by atoms with Crippen LogP contribution in [-0.2, 0) is 19.6 Å². The molecule has 4 nitrogen and oxygen atoms in total. The Kier molecular flexibility index (Phi) is 3.01. The van der Waals surface area contributed by atoms with Gasteiger partial charge in [-0.3, -0.25) is 4.98 Å². The molecule has 0 bridgehead atoms. The van der Waals surface area contributed by atoms with Gasteiger partial charge in [-0.25, -0.2) is 4.98 Å². The molecular weight excluding hydrogens is 260 g/mol. The minimum absolute atomic E-state index is 0.764. The fourth-order valence-corrected chi connectivity index (χ4v) is 2.69. The first-order chi connectivity index (χ1) is 10.4. The van der Waals surface area contributed by atoms with Crippen molar-refractivity contribution in [1.82, 2.24) is 15.3 Å². The van der Waals surface area contributed by atoms with Gasteiger partial charge in [0.25, 0.3) is 0 Å². The summed E-state index contributed by atoms with van der Waals surface area (Å²) in [6.07, 6.45) is 1.79. The molecule has 2 heterocycles. The Hall–Kier alpha value is -2.46. The van der Waals surface area contributed by atoms with Crippen molar-refractivity contribution in [2.75, 3.05) is 5.32 Å². The van der Waals surface area contributed by atoms with E-state index in [1.807, 2.05) is 24.3 Å². The van der Waals surface area contributed by atoms with Crippen molar-refractivity contribution in [1.29, 1.82) is 0 Å². The van der Waals surface area contributed by atoms with Crippen molar-refractivity contribution in [2.24, 2.45) is 0 Å². The molecule has 0 saturated heterocycles. The summed E-state index contributed by atoms with van der Waals surface area (Å²) in [5.74, 6) is 0.812. The Labute approximate surface area is 123 Å². The van der Waals surface area contributed by atoms with E-state index in [9.17, 15) is 0 Å². The van der Waals surface area contributed by atoms with Crippen LogP contribution in [0.4, 0.5) is 5.82 Å². The predicted octanol–water partition coefficient (Wildman–Crippen LogP) is 2.85. The standard InChI is InChI=1S/C17H16N4/c1-2-4-16-15(3-1)19-11-17(21-16)20-8-12-5-6-13-9-18-10-14(13)7-12/h1-7,11,18H,8-10H2,(H,20,21). The molecule has 0 radical (unpaired) electrons. The molecule has 0 fully saturated rings. The van der Waals surface area contributed by atoms with Gasteiger partial charge >= 0.3 is 0 Å². The molecule has 0 saturated carbocycles. The van der Waals surface area contributed by atoms with Crippen LogP contribution in [0, 0.1) is 0 Å². The lowest BCUT2D eigenvalue weighted by atomic mass is 10.1. The van der Waals surface area contributed by atoms with Crippen molar-refractivity contribution < 1.29 is 0 Å². The minimum Gasteiger partial charge on any atom is -0.365 e. The summed E-state index contributed by atoms with van der Waals surface area (Å²) >= 11 is 0. The Morgan fingerprint density at radius 3 is 2.81 bits per heavy atom. The Morgan fingerprint density at radius 1 is 1.00 bits per heavy atom. The summed E-state index contributed by atoms with van der Waals surface area (Å²) in [5, 5.41) is 6.72. The number of anilines is 1. The van der Waals surface area contributed by atoms with Crippen LogP contribution in [0.1, 0.15) is 16.7 Å². The zero-order chi connectivity index (χ0) is 14.1. The van der Waals surface area contributed by atoms with Crippen LogP contribution in [0.2, 0.25) is 0 Å². The Morgan fingerprint density at radius 2 is 1.86 bits per heavy atom. The highest BCUT2D eigenvalue weighted by atomic mass is 15.0. The van der Waals surface area contributed by atoms with E-state index in [2.05, 4.69) is 38.8 Å². The number of benzene rings is 2. The SMILES string of the molecule is c1ccc2nc(NCc3ccc4c(c3)CNC4)cnc2c1. The second-order valence-electron chi connectivity index (χ2n) is 5.30. The first kappa shape index (κ1) is 12.3. The van der Waals surface area contributed by atoms with E-state index in [1.54, 1.807) is 6.20 Å². The van der Waals surface area contributed by atoms with Crippen molar-refractivity contribution >= 4 is 16.9 Å². The molecule has 1 aliphatic heterocycles. The minimum atomic E-state index is 0.764. The number of nitrogens with zero attached hydrogens (tertiary/aromatic N) is 2. The zero-order valence-electron chi connectivity index (χ0n) is 11.6. The molecule has 104 valence electrons. The maximum atomic E-state index is 4.58. The molecule has 2 aromatic carbocycles. The largest absolute Gasteiger partial charge is 0.365 e. The second-order valence-corrected chi connectivity index (χ2v) is 5.30. The van der Waals surface area contributed by atoms with Gasteiger partial charge in [-0.2, -0.15) is 0 Å². The summed E-state index contributed by atoms with van der Waals surface area (Å²) in [6, 6.07) is 14.5. The van der Waals surface area contributed by atoms with Gasteiger partial charge in [0.05, 0.1) is 17.2 Å². The van der Waals surface area contributed by atoms with Crippen LogP contribution in [-0.4, -0.2) is 9.97 Å². The maximum absolute atomic E-state index is 4.58. The molecule has 4 rings (SSSR count). The third kappa shape index (κ3) is 2.45. The van der Waals surface area contributed by atoms with Crippen LogP contribution in [0.25, 0.3) is 11.0 Å². The normalized spacial score (nSPS) is 13.3. The van der Waals surface area contributed by atoms with Gasteiger partial charge < -0.3 is 10.6 Å². The summed E-state index contributed by atoms with van der Waals surface area (Å²) in [7, 11) is 0. The van der Waals surface area contributed by atoms with Crippen molar-refractivity contribution in [3.05, 3.63) is 65.4 Å². The molecule has 21 heavy (non-hydrogen) atoms. The highest BCUT2D eigenvalue weighted by Gasteiger charge is 2.09. The van der Waals surface area contributed by atoms with Crippen molar-refractivity contribution in [3.63, 3.8) is 0 Å². The lowest BCUT2D eigenvalue weighted by molar-refractivity contribution is 0.764. The second kappa shape index (κ2) is 5.14. The smallest absolute Gasteiger partial charge is 0.145 e. The zero-order valence-corrected chi connectivity index (χ0v) is 11.6. The van der Waals surface area contributed by atoms with Gasteiger partial charge in [-0.15, -0.1) is 0 Å². The number of fused-ring (bicyclic) bond motifs is 2. The highest BCUT2D eigenvalue weighted by Crippen LogP contribution is 2.18. The van der Waals surface area contributed by atoms with Crippen LogP contribution >= 0.6 is 0 Å². The number of nitrogens with one attached hydrogen (secondary N) is 2. The number of para-hydroxylation sites is 2. The van der Waals surface area contributed by atoms with Gasteiger partial charge in [0.15, 0.2) is 0 Å². The molecule has 1 aliphatic rings. The molecule has 0 spiro atoms. The number of hydrogen-bond acceptors (Lipinski definition) is 4. The summed E-state index contributed by atoms with van der Waals surface area (Å²) in [6.45, 7) is 2.72. The van der Waals surface area contributed by atoms with E-state index in [0.29, 0.717) is 0 Å². The summed E-state index contributed by atoms with van der Waals surface area (Å²) < 4.78 is 0. The van der Waals surface area contributed by atoms with E-state index in [0.717, 1.165) is 36.5 Å². The highest BCUT2D eigenvalue weighted by molar-refractivity contribution is 5.75. The van der Waals surface area contributed by atoms with Crippen molar-refractivity contribution in [2.45, 2.75) is 19.6 Å². The molecule has 0 unspecified atom stereocenters. The van der Waals surface area contributed by atoms with Gasteiger partial charge in [0, 0.05) is 19.6 Å². The van der Waals surface area contributed by atoms with Crippen LogP contribution in [0.3, 0.4) is 0 Å². The fraction of sp³-hybridized carbons (Fsp3) is 0.176. The molecule has 2 N–H and O–H groups in total. The van der Waals surface area contributed by atoms with Crippen LogP contribution < -0.4 is 10.6 Å². The van der Waals surface area contributed by atoms with Gasteiger partial charge in [-0.05, 0) is 28.8 Å². The van der Waals surface area contributed by atoms with E-state index in [4.69, 9.17) is 0 Å². The molecule has 1 aromatic heterocycles. The molecule has 0 aliphatic carbocycles. The van der Waals surface area contributed by atoms with E-state index >= 15 is 0 Å². The molecule has 3 aromatic rings. The van der Waals surface area contributed by atoms with Gasteiger partial charge in [0.1, 0.15) is 5.82 Å². The predicted molar refractivity (Wildman–Crippen MR) is 83.9 cm³/mol. The Balaban J connectivity index is 1.52. The van der Waals surface area contributed by atoms with Crippen LogP contribution in [0.15, 0.2) is 48.7 Å². The van der Waals surface area contributed by atoms with Gasteiger partial charge in [0.2, 0.25) is 0 Å². The van der Waals surface area contributed by atoms with Crippen molar-refractivity contribution in [3.8, 4) is 0 Å². The number of aromatic nitrogens is 2. The lowest BCUT2D eigenvalue weighted by Crippen LogP contribution is -2.03. The average Bonchev–Trinajstić information content (AvgIpc) is 3.00. The van der Waals surface area contributed by atoms with E-state index in [1.165, 1.54) is 16.7 Å². The molecular formula is C17H16N4. The first-order valence-corrected chi connectivity index (χ1v) is 7.15. The third-order valence-corrected chi connectivity index (χ3v) is 3.82. The lowest BCUT2D eigenvalue weighted by Gasteiger charge is -2.08. The van der Waals surface area contributed by atoms with Crippen LogP contribution in [0.5, 0.6) is 0 Å². The topological polar surface area (TPSA) is 49.8 Å². The summed E-state index contributed by atoms with van der Waals surface area (Å²) in [4.78, 5) is 8.99. The van der Waals surface area contributed by atoms with Gasteiger partial charge in [-0.1, -0.05) is 30.3 Å². The molecule has 4 heteroatoms. The van der Waals surface area contributed by atoms with E-state index in [-0.39, 0.29) is 0 Å². The monoisotopic (exact) mass is 276 g/mol. The Bertz CT molecular complexity index is 798. The number of rotatable bonds is 3. The number of hydrogen-bond donors (Lipinski definition) is 2. The first-order valence-electron chi connectivity index (χ1n) is 7.15. The quantitative estimate of drug-likeness (QED) is 0.772. The molecule has 0 amide bonds. The average molecular weight is 276 g/mol. The third-order valence-electron chi connectivity index (χ3n) is 3.82. The van der Waals surface area contributed by atoms with E-state index < -0.39 is 0 Å². The molecule has 0 atom stereocenters. The summed E-state index contributed by atoms with van der Waals surface area (Å²) in [5.41, 5.74) is 5.92.